The molecule has 44 heavy (non-hydrogen) atoms. The highest BCUT2D eigenvalue weighted by Crippen LogP contribution is 2.39. The summed E-state index contributed by atoms with van der Waals surface area (Å²) < 4.78 is 42.2. The molecule has 2 N–H and O–H groups in total. The van der Waals surface area contributed by atoms with Gasteiger partial charge in [0, 0.05) is 60.6 Å². The fraction of sp³-hybridized carbons (Fsp3) is 0.375. The molecule has 8 nitrogen and oxygen atoms in total. The molecular weight excluding hydrogens is 595 g/mol. The number of carbonyl (C=O) groups excluding carboxylic acids is 3. The normalized spacial score (nSPS) is 19.3. The molecule has 1 atom stereocenters. The van der Waals surface area contributed by atoms with Crippen LogP contribution in [0.15, 0.2) is 54.7 Å². The van der Waals surface area contributed by atoms with Gasteiger partial charge in [0.25, 0.3) is 5.91 Å². The van der Waals surface area contributed by atoms with Gasteiger partial charge in [0.15, 0.2) is 0 Å². The van der Waals surface area contributed by atoms with E-state index in [-0.39, 0.29) is 24.1 Å². The molecule has 3 aliphatic rings. The third-order valence-corrected chi connectivity index (χ3v) is 8.88. The lowest BCUT2D eigenvalue weighted by atomic mass is 9.93. The Morgan fingerprint density at radius 1 is 1.00 bits per heavy atom. The van der Waals surface area contributed by atoms with Crippen LogP contribution in [0.4, 0.5) is 24.7 Å². The Hall–Kier alpha value is -4.12. The monoisotopic (exact) mass is 625 g/mol. The zero-order valence-corrected chi connectivity index (χ0v) is 24.5. The van der Waals surface area contributed by atoms with E-state index in [1.165, 1.54) is 11.1 Å². The predicted molar refractivity (Wildman–Crippen MR) is 160 cm³/mol. The molecule has 0 saturated carbocycles. The van der Waals surface area contributed by atoms with Gasteiger partial charge in [-0.05, 0) is 79.1 Å². The number of pyridine rings is 1. The number of alkyl halides is 3. The minimum atomic E-state index is -4.54. The first kappa shape index (κ1) is 29.9. The van der Waals surface area contributed by atoms with Crippen molar-refractivity contribution in [2.24, 2.45) is 5.92 Å². The van der Waals surface area contributed by atoms with Crippen LogP contribution in [0.2, 0.25) is 5.02 Å². The van der Waals surface area contributed by atoms with E-state index in [1.54, 1.807) is 35.2 Å². The summed E-state index contributed by atoms with van der Waals surface area (Å²) in [6, 6.07) is 12.7. The molecule has 12 heteroatoms. The first-order chi connectivity index (χ1) is 21.1. The van der Waals surface area contributed by atoms with Crippen LogP contribution in [-0.4, -0.2) is 53.3 Å². The second-order valence-corrected chi connectivity index (χ2v) is 12.0. The average Bonchev–Trinajstić information content (AvgIpc) is 3.32. The van der Waals surface area contributed by atoms with Gasteiger partial charge in [-0.25, -0.2) is 4.98 Å². The highest BCUT2D eigenvalue weighted by atomic mass is 35.5. The summed E-state index contributed by atoms with van der Waals surface area (Å²) in [6.45, 7) is 1.94. The van der Waals surface area contributed by atoms with Gasteiger partial charge < -0.3 is 15.1 Å². The molecule has 1 aromatic heterocycles. The number of amides is 3. The van der Waals surface area contributed by atoms with Gasteiger partial charge in [0.05, 0.1) is 5.56 Å². The minimum absolute atomic E-state index is 0.0427. The van der Waals surface area contributed by atoms with E-state index in [1.807, 2.05) is 12.1 Å². The summed E-state index contributed by atoms with van der Waals surface area (Å²) in [4.78, 5) is 44.2. The third kappa shape index (κ3) is 6.24. The number of rotatable bonds is 7. The van der Waals surface area contributed by atoms with Gasteiger partial charge in [-0.1, -0.05) is 23.7 Å². The fourth-order valence-corrected chi connectivity index (χ4v) is 6.47. The van der Waals surface area contributed by atoms with Crippen molar-refractivity contribution in [3.63, 3.8) is 0 Å². The van der Waals surface area contributed by atoms with E-state index >= 15 is 0 Å². The number of anilines is 2. The molecule has 2 fully saturated rings. The summed E-state index contributed by atoms with van der Waals surface area (Å²) in [5, 5.41) is 6.16. The molecule has 230 valence electrons. The van der Waals surface area contributed by atoms with Crippen molar-refractivity contribution in [1.82, 2.24) is 15.2 Å². The van der Waals surface area contributed by atoms with Crippen molar-refractivity contribution in [3.05, 3.63) is 76.4 Å². The molecule has 0 aliphatic carbocycles. The van der Waals surface area contributed by atoms with E-state index in [0.717, 1.165) is 36.6 Å². The van der Waals surface area contributed by atoms with Crippen LogP contribution in [0.1, 0.15) is 53.6 Å². The van der Waals surface area contributed by atoms with Gasteiger partial charge in [-0.2, -0.15) is 13.2 Å². The van der Waals surface area contributed by atoms with Gasteiger partial charge in [0.1, 0.15) is 11.9 Å². The lowest BCUT2D eigenvalue weighted by molar-refractivity contribution is -0.138. The van der Waals surface area contributed by atoms with E-state index in [0.29, 0.717) is 60.2 Å². The Kier molecular flexibility index (Phi) is 8.24. The number of nitrogens with one attached hydrogen (secondary N) is 2. The maximum atomic E-state index is 14.1. The average molecular weight is 626 g/mol. The van der Waals surface area contributed by atoms with Crippen LogP contribution in [0, 0.1) is 5.92 Å². The van der Waals surface area contributed by atoms with E-state index in [9.17, 15) is 27.6 Å². The Labute approximate surface area is 257 Å². The number of halogens is 4. The zero-order valence-electron chi connectivity index (χ0n) is 23.8. The quantitative estimate of drug-likeness (QED) is 0.318. The molecule has 4 heterocycles. The predicted octanol–water partition coefficient (Wildman–Crippen LogP) is 5.90. The fourth-order valence-electron chi connectivity index (χ4n) is 6.28. The number of piperidine rings is 2. The van der Waals surface area contributed by atoms with Crippen molar-refractivity contribution < 1.29 is 27.6 Å². The SMILES string of the molecule is O=C1CCC(N2Cc3cc(NCCC4CCN(c5ncc(-c6cccc(Cl)c6)cc5C(F)(F)F)CC4)ccc3C2=O)C(=O)N1. The largest absolute Gasteiger partial charge is 0.419 e. The van der Waals surface area contributed by atoms with Gasteiger partial charge in [-0.3, -0.25) is 19.7 Å². The van der Waals surface area contributed by atoms with Gasteiger partial charge >= 0.3 is 6.18 Å². The summed E-state index contributed by atoms with van der Waals surface area (Å²) in [6.07, 6.45) is -0.210. The highest BCUT2D eigenvalue weighted by molar-refractivity contribution is 6.30. The van der Waals surface area contributed by atoms with Crippen molar-refractivity contribution in [2.45, 2.75) is 50.9 Å². The summed E-state index contributed by atoms with van der Waals surface area (Å²) >= 11 is 6.04. The number of carbonyl (C=O) groups is 3. The molecule has 6 rings (SSSR count). The van der Waals surface area contributed by atoms with Crippen molar-refractivity contribution in [3.8, 4) is 11.1 Å². The molecule has 0 spiro atoms. The Morgan fingerprint density at radius 2 is 1.80 bits per heavy atom. The van der Waals surface area contributed by atoms with Crippen LogP contribution in [0.5, 0.6) is 0 Å². The second kappa shape index (κ2) is 12.1. The maximum Gasteiger partial charge on any atom is 0.419 e. The van der Waals surface area contributed by atoms with Crippen molar-refractivity contribution >= 4 is 40.8 Å². The van der Waals surface area contributed by atoms with Crippen LogP contribution >= 0.6 is 11.6 Å². The maximum absolute atomic E-state index is 14.1. The van der Waals surface area contributed by atoms with Crippen molar-refractivity contribution in [1.29, 1.82) is 0 Å². The third-order valence-electron chi connectivity index (χ3n) is 8.65. The number of hydrogen-bond donors (Lipinski definition) is 2. The lowest BCUT2D eigenvalue weighted by Gasteiger charge is -2.34. The zero-order chi connectivity index (χ0) is 31.0. The second-order valence-electron chi connectivity index (χ2n) is 11.5. The number of fused-ring (bicyclic) bond motifs is 1. The molecular formula is C32H31ClF3N5O3. The van der Waals surface area contributed by atoms with Crippen molar-refractivity contribution in [2.75, 3.05) is 29.9 Å². The Balaban J connectivity index is 1.03. The van der Waals surface area contributed by atoms with Crippen LogP contribution in [0.3, 0.4) is 0 Å². The van der Waals surface area contributed by atoms with Gasteiger partial charge in [0.2, 0.25) is 11.8 Å². The van der Waals surface area contributed by atoms with Crippen LogP contribution in [-0.2, 0) is 22.3 Å². The lowest BCUT2D eigenvalue weighted by Crippen LogP contribution is -2.52. The smallest absolute Gasteiger partial charge is 0.385 e. The molecule has 0 radical (unpaired) electrons. The first-order valence-electron chi connectivity index (χ1n) is 14.7. The summed E-state index contributed by atoms with van der Waals surface area (Å²) in [5.74, 6) is -0.669. The van der Waals surface area contributed by atoms with E-state index in [2.05, 4.69) is 15.6 Å². The molecule has 3 amide bonds. The Morgan fingerprint density at radius 3 is 2.52 bits per heavy atom. The van der Waals surface area contributed by atoms with Gasteiger partial charge in [-0.15, -0.1) is 0 Å². The number of imide groups is 1. The minimum Gasteiger partial charge on any atom is -0.385 e. The van der Waals surface area contributed by atoms with Crippen LogP contribution in [0.25, 0.3) is 11.1 Å². The molecule has 3 aliphatic heterocycles. The number of hydrogen-bond acceptors (Lipinski definition) is 6. The van der Waals surface area contributed by atoms with E-state index < -0.39 is 23.7 Å². The van der Waals surface area contributed by atoms with E-state index in [4.69, 9.17) is 11.6 Å². The Bertz CT molecular complexity index is 1610. The summed E-state index contributed by atoms with van der Waals surface area (Å²) in [7, 11) is 0. The number of nitrogens with zero attached hydrogens (tertiary/aromatic N) is 3. The topological polar surface area (TPSA) is 94.6 Å². The molecule has 2 aromatic carbocycles. The highest BCUT2D eigenvalue weighted by Gasteiger charge is 2.39. The molecule has 3 aromatic rings. The molecule has 1 unspecified atom stereocenters. The molecule has 2 saturated heterocycles. The number of aromatic nitrogens is 1. The van der Waals surface area contributed by atoms with Crippen LogP contribution < -0.4 is 15.5 Å². The number of benzene rings is 2. The standard InChI is InChI=1S/C32H31ClF3N5O3/c33-23-3-1-2-20(14-23)21-16-26(32(34,35)36)29(38-17-21)40-12-9-19(10-13-40)8-11-37-24-4-5-25-22(15-24)18-41(31(25)44)27-6-7-28(42)39-30(27)43/h1-5,14-17,19,27,37H,6-13,18H2,(H,39,42,43). The molecule has 0 bridgehead atoms. The summed E-state index contributed by atoms with van der Waals surface area (Å²) in [5.41, 5.74) is 2.44. The first-order valence-corrected chi connectivity index (χ1v) is 15.0.